The second kappa shape index (κ2) is 6.10. The molecule has 96 valence electrons. The summed E-state index contributed by atoms with van der Waals surface area (Å²) in [5.41, 5.74) is 0. The zero-order valence-electron chi connectivity index (χ0n) is 10.9. The van der Waals surface area contributed by atoms with Crippen LogP contribution >= 0.6 is 0 Å². The molecule has 1 aliphatic rings. The van der Waals surface area contributed by atoms with Crippen LogP contribution in [-0.4, -0.2) is 26.8 Å². The maximum atomic E-state index is 4.20. The van der Waals surface area contributed by atoms with Crippen LogP contribution in [0.3, 0.4) is 0 Å². The Kier molecular flexibility index (Phi) is 4.48. The molecule has 0 aliphatic heterocycles. The second-order valence-corrected chi connectivity index (χ2v) is 5.00. The van der Waals surface area contributed by atoms with E-state index in [9.17, 15) is 0 Å². The zero-order chi connectivity index (χ0) is 12.1. The summed E-state index contributed by atoms with van der Waals surface area (Å²) in [6.07, 6.45) is 6.51. The van der Waals surface area contributed by atoms with E-state index < -0.39 is 0 Å². The SMILES string of the molecule is CCNCc1nnnn1C1CCCCCC1C. The average Bonchev–Trinajstić information content (AvgIpc) is 2.69. The molecule has 2 atom stereocenters. The number of nitrogens with zero attached hydrogens (tertiary/aromatic N) is 4. The van der Waals surface area contributed by atoms with Gasteiger partial charge in [-0.2, -0.15) is 0 Å². The van der Waals surface area contributed by atoms with Crippen molar-refractivity contribution in [3.05, 3.63) is 5.82 Å². The van der Waals surface area contributed by atoms with Gasteiger partial charge in [0, 0.05) is 0 Å². The van der Waals surface area contributed by atoms with Crippen molar-refractivity contribution in [2.24, 2.45) is 5.92 Å². The molecule has 1 heterocycles. The summed E-state index contributed by atoms with van der Waals surface area (Å²) in [7, 11) is 0. The molecule has 2 unspecified atom stereocenters. The number of rotatable bonds is 4. The number of hydrogen-bond donors (Lipinski definition) is 1. The molecule has 5 heteroatoms. The first kappa shape index (κ1) is 12.5. The summed E-state index contributed by atoms with van der Waals surface area (Å²) in [5, 5.41) is 15.5. The highest BCUT2D eigenvalue weighted by atomic mass is 15.6. The van der Waals surface area contributed by atoms with E-state index in [-0.39, 0.29) is 0 Å². The van der Waals surface area contributed by atoms with Crippen LogP contribution < -0.4 is 5.32 Å². The average molecular weight is 237 g/mol. The fourth-order valence-corrected chi connectivity index (χ4v) is 2.66. The number of nitrogens with one attached hydrogen (secondary N) is 1. The summed E-state index contributed by atoms with van der Waals surface area (Å²) >= 11 is 0. The van der Waals surface area contributed by atoms with Gasteiger partial charge in [0.1, 0.15) is 0 Å². The van der Waals surface area contributed by atoms with E-state index in [2.05, 4.69) is 39.4 Å². The number of tetrazole rings is 1. The fraction of sp³-hybridized carbons (Fsp3) is 0.917. The lowest BCUT2D eigenvalue weighted by atomic mass is 9.97. The minimum Gasteiger partial charge on any atom is -0.310 e. The molecule has 0 radical (unpaired) electrons. The summed E-state index contributed by atoms with van der Waals surface area (Å²) in [6.45, 7) is 6.15. The van der Waals surface area contributed by atoms with Crippen molar-refractivity contribution >= 4 is 0 Å². The first-order chi connectivity index (χ1) is 8.33. The van der Waals surface area contributed by atoms with Crippen LogP contribution in [0, 0.1) is 5.92 Å². The third kappa shape index (κ3) is 3.03. The minimum absolute atomic E-state index is 0.487. The molecule has 1 N–H and O–H groups in total. The molecule has 0 amide bonds. The zero-order valence-corrected chi connectivity index (χ0v) is 10.9. The van der Waals surface area contributed by atoms with Crippen LogP contribution in [-0.2, 0) is 6.54 Å². The van der Waals surface area contributed by atoms with Gasteiger partial charge in [-0.1, -0.05) is 33.1 Å². The van der Waals surface area contributed by atoms with E-state index in [4.69, 9.17) is 0 Å². The lowest BCUT2D eigenvalue weighted by Crippen LogP contribution is -2.23. The molecular weight excluding hydrogens is 214 g/mol. The van der Waals surface area contributed by atoms with Crippen molar-refractivity contribution < 1.29 is 0 Å². The molecule has 0 aromatic carbocycles. The molecule has 0 spiro atoms. The fourth-order valence-electron chi connectivity index (χ4n) is 2.66. The lowest BCUT2D eigenvalue weighted by Gasteiger charge is -2.22. The van der Waals surface area contributed by atoms with Crippen LogP contribution in [0.4, 0.5) is 0 Å². The number of hydrogen-bond acceptors (Lipinski definition) is 4. The molecule has 1 saturated carbocycles. The molecule has 0 bridgehead atoms. The molecule has 1 fully saturated rings. The Bertz CT molecular complexity index is 335. The third-order valence-electron chi connectivity index (χ3n) is 3.72. The molecule has 1 aromatic rings. The molecule has 1 aromatic heterocycles. The van der Waals surface area contributed by atoms with Crippen molar-refractivity contribution in [3.8, 4) is 0 Å². The van der Waals surface area contributed by atoms with Crippen molar-refractivity contribution in [3.63, 3.8) is 0 Å². The maximum absolute atomic E-state index is 4.20. The Morgan fingerprint density at radius 3 is 2.94 bits per heavy atom. The minimum atomic E-state index is 0.487. The van der Waals surface area contributed by atoms with Crippen molar-refractivity contribution in [2.75, 3.05) is 6.54 Å². The monoisotopic (exact) mass is 237 g/mol. The molecule has 2 rings (SSSR count). The summed E-state index contributed by atoms with van der Waals surface area (Å²) < 4.78 is 2.05. The standard InChI is InChI=1S/C12H23N5/c1-3-13-9-12-14-15-16-17(12)11-8-6-4-5-7-10(11)2/h10-11,13H,3-9H2,1-2H3. The Labute approximate surface area is 103 Å². The van der Waals surface area contributed by atoms with E-state index in [0.29, 0.717) is 12.0 Å². The molecule has 5 nitrogen and oxygen atoms in total. The predicted octanol–water partition coefficient (Wildman–Crippen LogP) is 1.92. The first-order valence-corrected chi connectivity index (χ1v) is 6.80. The molecule has 17 heavy (non-hydrogen) atoms. The second-order valence-electron chi connectivity index (χ2n) is 5.00. The van der Waals surface area contributed by atoms with Gasteiger partial charge in [0.25, 0.3) is 0 Å². The molecule has 0 saturated heterocycles. The Morgan fingerprint density at radius 2 is 2.12 bits per heavy atom. The van der Waals surface area contributed by atoms with E-state index in [1.165, 1.54) is 32.1 Å². The van der Waals surface area contributed by atoms with Crippen LogP contribution in [0.1, 0.15) is 57.8 Å². The summed E-state index contributed by atoms with van der Waals surface area (Å²) in [6, 6.07) is 0.487. The highest BCUT2D eigenvalue weighted by Gasteiger charge is 2.24. The number of aromatic nitrogens is 4. The summed E-state index contributed by atoms with van der Waals surface area (Å²) in [4.78, 5) is 0. The van der Waals surface area contributed by atoms with E-state index in [0.717, 1.165) is 18.9 Å². The van der Waals surface area contributed by atoms with Gasteiger partial charge in [-0.25, -0.2) is 4.68 Å². The smallest absolute Gasteiger partial charge is 0.165 e. The van der Waals surface area contributed by atoms with Crippen LogP contribution in [0.25, 0.3) is 0 Å². The van der Waals surface area contributed by atoms with Gasteiger partial charge in [0.15, 0.2) is 5.82 Å². The predicted molar refractivity (Wildman–Crippen MR) is 66.5 cm³/mol. The van der Waals surface area contributed by atoms with Gasteiger partial charge < -0.3 is 5.32 Å². The molecule has 1 aliphatic carbocycles. The maximum Gasteiger partial charge on any atom is 0.165 e. The van der Waals surface area contributed by atoms with Crippen molar-refractivity contribution in [1.29, 1.82) is 0 Å². The Morgan fingerprint density at radius 1 is 1.29 bits per heavy atom. The van der Waals surface area contributed by atoms with Crippen molar-refractivity contribution in [2.45, 2.75) is 58.5 Å². The van der Waals surface area contributed by atoms with Gasteiger partial charge in [0.2, 0.25) is 0 Å². The Hall–Kier alpha value is -0.970. The van der Waals surface area contributed by atoms with E-state index in [1.807, 2.05) is 0 Å². The quantitative estimate of drug-likeness (QED) is 0.813. The van der Waals surface area contributed by atoms with Gasteiger partial charge in [-0.15, -0.1) is 5.10 Å². The van der Waals surface area contributed by atoms with Crippen molar-refractivity contribution in [1.82, 2.24) is 25.5 Å². The highest BCUT2D eigenvalue weighted by Crippen LogP contribution is 2.31. The van der Waals surface area contributed by atoms with E-state index >= 15 is 0 Å². The first-order valence-electron chi connectivity index (χ1n) is 6.80. The molecular formula is C12H23N5. The highest BCUT2D eigenvalue weighted by molar-refractivity contribution is 4.86. The third-order valence-corrected chi connectivity index (χ3v) is 3.72. The van der Waals surface area contributed by atoms with Gasteiger partial charge >= 0.3 is 0 Å². The van der Waals surface area contributed by atoms with E-state index in [1.54, 1.807) is 0 Å². The van der Waals surface area contributed by atoms with Crippen LogP contribution in [0.5, 0.6) is 0 Å². The lowest BCUT2D eigenvalue weighted by molar-refractivity contribution is 0.295. The van der Waals surface area contributed by atoms with Crippen LogP contribution in [0.15, 0.2) is 0 Å². The van der Waals surface area contributed by atoms with Gasteiger partial charge in [0.05, 0.1) is 12.6 Å². The topological polar surface area (TPSA) is 55.6 Å². The van der Waals surface area contributed by atoms with Crippen LogP contribution in [0.2, 0.25) is 0 Å². The largest absolute Gasteiger partial charge is 0.310 e. The Balaban J connectivity index is 2.11. The summed E-state index contributed by atoms with van der Waals surface area (Å²) in [5.74, 6) is 1.66. The van der Waals surface area contributed by atoms with Gasteiger partial charge in [-0.3, -0.25) is 0 Å². The van der Waals surface area contributed by atoms with Gasteiger partial charge in [-0.05, 0) is 35.7 Å². The normalized spacial score (nSPS) is 25.8.